The van der Waals surface area contributed by atoms with E-state index >= 15 is 0 Å². The van der Waals surface area contributed by atoms with Crippen LogP contribution in [0.3, 0.4) is 0 Å². The first-order valence-corrected chi connectivity index (χ1v) is 9.27. The summed E-state index contributed by atoms with van der Waals surface area (Å²) < 4.78 is 11.0. The molecule has 0 aliphatic rings. The van der Waals surface area contributed by atoms with Crippen LogP contribution in [0.1, 0.15) is 45.0 Å². The van der Waals surface area contributed by atoms with Gasteiger partial charge in [0.25, 0.3) is 5.91 Å². The highest BCUT2D eigenvalue weighted by Gasteiger charge is 2.17. The van der Waals surface area contributed by atoms with Crippen LogP contribution in [-0.2, 0) is 4.74 Å². The van der Waals surface area contributed by atoms with Gasteiger partial charge in [-0.05, 0) is 57.0 Å². The van der Waals surface area contributed by atoms with E-state index in [4.69, 9.17) is 9.47 Å². The van der Waals surface area contributed by atoms with Crippen LogP contribution in [0.2, 0.25) is 0 Å². The molecule has 2 aromatic rings. The Kier molecular flexibility index (Phi) is 7.04. The molecular weight excluding hydrogens is 356 g/mol. The molecule has 0 aliphatic carbocycles. The van der Waals surface area contributed by atoms with Crippen molar-refractivity contribution in [3.05, 3.63) is 54.1 Å². The molecule has 2 aromatic carbocycles. The van der Waals surface area contributed by atoms with Crippen molar-refractivity contribution in [3.63, 3.8) is 0 Å². The van der Waals surface area contributed by atoms with E-state index in [1.165, 1.54) is 0 Å². The van der Waals surface area contributed by atoms with Crippen molar-refractivity contribution in [2.24, 2.45) is 5.92 Å². The van der Waals surface area contributed by atoms with Gasteiger partial charge in [-0.15, -0.1) is 0 Å². The van der Waals surface area contributed by atoms with E-state index in [-0.39, 0.29) is 5.91 Å². The first kappa shape index (κ1) is 21.3. The maximum absolute atomic E-state index is 12.7. The van der Waals surface area contributed by atoms with Gasteiger partial charge in [0.2, 0.25) is 0 Å². The molecule has 0 radical (unpaired) electrons. The lowest BCUT2D eigenvalue weighted by Crippen LogP contribution is -2.27. The minimum absolute atomic E-state index is 0.298. The summed E-state index contributed by atoms with van der Waals surface area (Å²) >= 11 is 0. The minimum Gasteiger partial charge on any atom is -0.491 e. The standard InChI is InChI=1S/C22H28N2O4/c1-15(2)14-27-19-12-7-6-11-18(19)24-20(25)16-9-8-10-17(13-16)23-21(26)28-22(3,4)5/h6-13,15H,14H2,1-5H3,(H,23,26)(H,24,25). The van der Waals surface area contributed by atoms with Crippen LogP contribution in [0.4, 0.5) is 16.2 Å². The van der Waals surface area contributed by atoms with Gasteiger partial charge in [0.05, 0.1) is 12.3 Å². The lowest BCUT2D eigenvalue weighted by molar-refractivity contribution is 0.0635. The first-order chi connectivity index (χ1) is 13.1. The van der Waals surface area contributed by atoms with Gasteiger partial charge in [0.1, 0.15) is 11.4 Å². The Morgan fingerprint density at radius 3 is 2.39 bits per heavy atom. The highest BCUT2D eigenvalue weighted by molar-refractivity contribution is 6.05. The van der Waals surface area contributed by atoms with E-state index in [1.54, 1.807) is 51.1 Å². The summed E-state index contributed by atoms with van der Waals surface area (Å²) in [5.74, 6) is 0.695. The van der Waals surface area contributed by atoms with Crippen LogP contribution in [0.25, 0.3) is 0 Å². The van der Waals surface area contributed by atoms with Crippen LogP contribution in [0.15, 0.2) is 48.5 Å². The van der Waals surface area contributed by atoms with Crippen LogP contribution in [0.5, 0.6) is 5.75 Å². The van der Waals surface area contributed by atoms with E-state index < -0.39 is 11.7 Å². The number of para-hydroxylation sites is 2. The van der Waals surface area contributed by atoms with E-state index in [0.717, 1.165) is 0 Å². The summed E-state index contributed by atoms with van der Waals surface area (Å²) in [5, 5.41) is 5.50. The number of benzene rings is 2. The number of carbonyl (C=O) groups excluding carboxylic acids is 2. The molecule has 2 N–H and O–H groups in total. The van der Waals surface area contributed by atoms with Crippen molar-refractivity contribution >= 4 is 23.4 Å². The molecule has 0 saturated heterocycles. The SMILES string of the molecule is CC(C)COc1ccccc1NC(=O)c1cccc(NC(=O)OC(C)(C)C)c1. The summed E-state index contributed by atoms with van der Waals surface area (Å²) in [5.41, 5.74) is 0.885. The number of anilines is 2. The van der Waals surface area contributed by atoms with Gasteiger partial charge >= 0.3 is 6.09 Å². The molecule has 0 bridgehead atoms. The molecule has 150 valence electrons. The lowest BCUT2D eigenvalue weighted by Gasteiger charge is -2.19. The summed E-state index contributed by atoms with van der Waals surface area (Å²) in [6, 6.07) is 14.0. The maximum Gasteiger partial charge on any atom is 0.412 e. The fourth-order valence-electron chi connectivity index (χ4n) is 2.31. The lowest BCUT2D eigenvalue weighted by atomic mass is 10.1. The van der Waals surface area contributed by atoms with Gasteiger partial charge in [-0.2, -0.15) is 0 Å². The third kappa shape index (κ3) is 6.95. The monoisotopic (exact) mass is 384 g/mol. The second-order valence-corrected chi connectivity index (χ2v) is 7.86. The highest BCUT2D eigenvalue weighted by Crippen LogP contribution is 2.25. The van der Waals surface area contributed by atoms with Gasteiger partial charge in [0, 0.05) is 11.3 Å². The molecule has 0 fully saturated rings. The third-order valence-electron chi connectivity index (χ3n) is 3.48. The van der Waals surface area contributed by atoms with E-state index in [1.807, 2.05) is 18.2 Å². The molecule has 0 spiro atoms. The number of nitrogens with one attached hydrogen (secondary N) is 2. The van der Waals surface area contributed by atoms with Crippen molar-refractivity contribution in [1.29, 1.82) is 0 Å². The fraction of sp³-hybridized carbons (Fsp3) is 0.364. The maximum atomic E-state index is 12.7. The van der Waals surface area contributed by atoms with Crippen molar-refractivity contribution in [2.75, 3.05) is 17.2 Å². The summed E-state index contributed by atoms with van der Waals surface area (Å²) in [6.45, 7) is 10.0. The predicted octanol–water partition coefficient (Wildman–Crippen LogP) is 5.32. The van der Waals surface area contributed by atoms with Gasteiger partial charge in [-0.1, -0.05) is 32.0 Å². The molecule has 0 aromatic heterocycles. The Bertz CT molecular complexity index is 825. The molecular formula is C22H28N2O4. The zero-order chi connectivity index (χ0) is 20.7. The van der Waals surface area contributed by atoms with Crippen LogP contribution < -0.4 is 15.4 Å². The Balaban J connectivity index is 2.08. The summed E-state index contributed by atoms with van der Waals surface area (Å²) in [7, 11) is 0. The molecule has 0 aliphatic heterocycles. The molecule has 6 nitrogen and oxygen atoms in total. The van der Waals surface area contributed by atoms with Crippen molar-refractivity contribution < 1.29 is 19.1 Å². The Morgan fingerprint density at radius 1 is 1.00 bits per heavy atom. The largest absolute Gasteiger partial charge is 0.491 e. The third-order valence-corrected chi connectivity index (χ3v) is 3.48. The molecule has 0 saturated carbocycles. The van der Waals surface area contributed by atoms with E-state index in [2.05, 4.69) is 24.5 Å². The van der Waals surface area contributed by atoms with Gasteiger partial charge in [0.15, 0.2) is 0 Å². The Labute approximate surface area is 166 Å². The van der Waals surface area contributed by atoms with Crippen LogP contribution >= 0.6 is 0 Å². The number of rotatable bonds is 6. The number of hydrogen-bond donors (Lipinski definition) is 2. The normalized spacial score (nSPS) is 11.1. The number of hydrogen-bond acceptors (Lipinski definition) is 4. The second kappa shape index (κ2) is 9.26. The molecule has 0 atom stereocenters. The van der Waals surface area contributed by atoms with Gasteiger partial charge in [-0.25, -0.2) is 4.79 Å². The molecule has 2 rings (SSSR count). The number of carbonyl (C=O) groups is 2. The van der Waals surface area contributed by atoms with Gasteiger partial charge in [-0.3, -0.25) is 10.1 Å². The fourth-order valence-corrected chi connectivity index (χ4v) is 2.31. The topological polar surface area (TPSA) is 76.7 Å². The first-order valence-electron chi connectivity index (χ1n) is 9.27. The Morgan fingerprint density at radius 2 is 1.71 bits per heavy atom. The molecule has 28 heavy (non-hydrogen) atoms. The number of ether oxygens (including phenoxy) is 2. The number of amides is 2. The van der Waals surface area contributed by atoms with Crippen molar-refractivity contribution in [1.82, 2.24) is 0 Å². The zero-order valence-corrected chi connectivity index (χ0v) is 17.0. The molecule has 0 unspecified atom stereocenters. The average Bonchev–Trinajstić information content (AvgIpc) is 2.59. The second-order valence-electron chi connectivity index (χ2n) is 7.86. The summed E-state index contributed by atoms with van der Waals surface area (Å²) in [4.78, 5) is 24.6. The van der Waals surface area contributed by atoms with Crippen LogP contribution in [0, 0.1) is 5.92 Å². The predicted molar refractivity (Wildman–Crippen MR) is 111 cm³/mol. The smallest absolute Gasteiger partial charge is 0.412 e. The average molecular weight is 384 g/mol. The molecule has 0 heterocycles. The molecule has 2 amide bonds. The van der Waals surface area contributed by atoms with E-state index in [0.29, 0.717) is 35.2 Å². The van der Waals surface area contributed by atoms with Crippen LogP contribution in [-0.4, -0.2) is 24.2 Å². The Hall–Kier alpha value is -3.02. The van der Waals surface area contributed by atoms with E-state index in [9.17, 15) is 9.59 Å². The highest BCUT2D eigenvalue weighted by atomic mass is 16.6. The summed E-state index contributed by atoms with van der Waals surface area (Å²) in [6.07, 6.45) is -0.572. The van der Waals surface area contributed by atoms with Gasteiger partial charge < -0.3 is 14.8 Å². The molecule has 6 heteroatoms. The van der Waals surface area contributed by atoms with Crippen molar-refractivity contribution in [3.8, 4) is 5.75 Å². The minimum atomic E-state index is -0.598. The van der Waals surface area contributed by atoms with Crippen molar-refractivity contribution in [2.45, 2.75) is 40.2 Å². The quantitative estimate of drug-likeness (QED) is 0.706. The zero-order valence-electron chi connectivity index (χ0n) is 17.0.